The van der Waals surface area contributed by atoms with Crippen molar-refractivity contribution in [2.24, 2.45) is 0 Å². The van der Waals surface area contributed by atoms with Crippen LogP contribution in [0, 0.1) is 0 Å². The number of hydrogen-bond acceptors (Lipinski definition) is 0. The van der Waals surface area contributed by atoms with Crippen LogP contribution < -0.4 is 20.7 Å². The molecule has 0 spiro atoms. The molecule has 0 saturated heterocycles. The molecule has 0 fully saturated rings. The molecule has 0 aliphatic heterocycles. The molecule has 4 nitrogen and oxygen atoms in total. The molecular formula is C72H48N4Si. The summed E-state index contributed by atoms with van der Waals surface area (Å²) in [4.78, 5) is 0. The Morgan fingerprint density at radius 3 is 1.08 bits per heavy atom. The molecule has 0 aliphatic carbocycles. The van der Waals surface area contributed by atoms with E-state index in [0.717, 1.165) is 39.3 Å². The van der Waals surface area contributed by atoms with Crippen molar-refractivity contribution >= 4 is 116 Å². The van der Waals surface area contributed by atoms with Gasteiger partial charge in [-0.1, -0.05) is 206 Å². The maximum absolute atomic E-state index is 2.81. The molecule has 0 bridgehead atoms. The van der Waals surface area contributed by atoms with Crippen molar-refractivity contribution in [1.82, 2.24) is 18.3 Å². The minimum absolute atomic E-state index is 1.11. The quantitative estimate of drug-likeness (QED) is 0.107. The van der Waals surface area contributed by atoms with Crippen molar-refractivity contribution in [3.63, 3.8) is 0 Å². The van der Waals surface area contributed by atoms with Crippen molar-refractivity contribution < 1.29 is 0 Å². The average Bonchev–Trinajstić information content (AvgIpc) is 4.45. The van der Waals surface area contributed by atoms with E-state index in [1.54, 1.807) is 0 Å². The van der Waals surface area contributed by atoms with Crippen LogP contribution >= 0.6 is 0 Å². The van der Waals surface area contributed by atoms with Gasteiger partial charge in [-0.2, -0.15) is 0 Å². The van der Waals surface area contributed by atoms with Crippen LogP contribution in [0.4, 0.5) is 0 Å². The molecule has 0 aliphatic rings. The molecule has 0 saturated carbocycles. The zero-order chi connectivity index (χ0) is 50.6. The van der Waals surface area contributed by atoms with Gasteiger partial charge in [0, 0.05) is 60.2 Å². The van der Waals surface area contributed by atoms with Gasteiger partial charge in [-0.3, -0.25) is 0 Å². The monoisotopic (exact) mass is 996 g/mol. The highest BCUT2D eigenvalue weighted by molar-refractivity contribution is 7.19. The summed E-state index contributed by atoms with van der Waals surface area (Å²) in [5, 5.41) is 15.2. The van der Waals surface area contributed by atoms with Crippen LogP contribution in [-0.4, -0.2) is 26.3 Å². The Balaban J connectivity index is 0.957. The summed E-state index contributed by atoms with van der Waals surface area (Å²) in [5.41, 5.74) is 13.9. The second-order valence-corrected chi connectivity index (χ2v) is 24.2. The maximum Gasteiger partial charge on any atom is 0.179 e. The highest BCUT2D eigenvalue weighted by atomic mass is 28.3. The molecule has 0 radical (unpaired) electrons. The Bertz CT molecular complexity index is 4780. The molecule has 5 heteroatoms. The number of nitrogens with zero attached hydrogens (tertiary/aromatic N) is 4. The van der Waals surface area contributed by atoms with Gasteiger partial charge >= 0.3 is 0 Å². The zero-order valence-electron chi connectivity index (χ0n) is 42.0. The SMILES string of the molecule is c1ccc([Si](c2ccccc2)(c2ccccc2)c2cccc(-n3c4ccccc4c4cc(-n5c6cc(-n7c8ccccc8c8ccccc87)ccc6c6c(-n7c8ccccc8c8ccccc87)cccc65)ccc43)c2)cc1. The van der Waals surface area contributed by atoms with Gasteiger partial charge in [0.25, 0.3) is 0 Å². The minimum Gasteiger partial charge on any atom is -0.309 e. The average molecular weight is 997 g/mol. The number of fused-ring (bicyclic) bond motifs is 12. The normalized spacial score (nSPS) is 12.2. The van der Waals surface area contributed by atoms with Gasteiger partial charge in [0.2, 0.25) is 0 Å². The van der Waals surface area contributed by atoms with Crippen LogP contribution in [0.15, 0.2) is 291 Å². The van der Waals surface area contributed by atoms with E-state index in [1.165, 1.54) is 91.4 Å². The third kappa shape index (κ3) is 6.32. The van der Waals surface area contributed by atoms with Gasteiger partial charge in [-0.05, 0) is 106 Å². The smallest absolute Gasteiger partial charge is 0.179 e. The third-order valence-corrected chi connectivity index (χ3v) is 21.3. The number of rotatable bonds is 8. The van der Waals surface area contributed by atoms with E-state index in [9.17, 15) is 0 Å². The Kier molecular flexibility index (Phi) is 9.62. The molecule has 0 N–H and O–H groups in total. The summed E-state index contributed by atoms with van der Waals surface area (Å²) in [5.74, 6) is 0. The molecule has 0 atom stereocenters. The molecule has 4 heterocycles. The molecule has 0 amide bonds. The van der Waals surface area contributed by atoms with Crippen LogP contribution in [0.25, 0.3) is 110 Å². The van der Waals surface area contributed by atoms with Crippen molar-refractivity contribution in [2.45, 2.75) is 0 Å². The standard InChI is InChI=1S/C72H48N4Si/c1-4-23-52(24-5-1)77(53-25-6-2-7-26-53,54-27-8-3-9-28-54)55-29-20-22-49(46-55)73-65-37-17-14-34-60(65)62-47-50(43-45-68(62)73)75-69-40-21-41-70(76-66-38-18-12-32-58(66)59-33-13-19-39-67(59)76)72(69)61-44-42-51(48-71(61)75)74-63-35-15-10-30-56(63)57-31-11-16-36-64(57)74/h1-48H. The Labute approximate surface area is 445 Å². The van der Waals surface area contributed by atoms with E-state index in [2.05, 4.69) is 309 Å². The molecule has 16 aromatic rings. The minimum atomic E-state index is -2.81. The number of aromatic nitrogens is 4. The summed E-state index contributed by atoms with van der Waals surface area (Å²) in [6.45, 7) is 0. The first-order chi connectivity index (χ1) is 38.2. The lowest BCUT2D eigenvalue weighted by Crippen LogP contribution is -2.74. The fourth-order valence-electron chi connectivity index (χ4n) is 13.3. The highest BCUT2D eigenvalue weighted by Crippen LogP contribution is 2.43. The first-order valence-corrected chi connectivity index (χ1v) is 28.6. The lowest BCUT2D eigenvalue weighted by Gasteiger charge is -2.34. The predicted molar refractivity (Wildman–Crippen MR) is 327 cm³/mol. The Hall–Kier alpha value is -9.94. The predicted octanol–water partition coefficient (Wildman–Crippen LogP) is 15.5. The lowest BCUT2D eigenvalue weighted by atomic mass is 10.1. The fourth-order valence-corrected chi connectivity index (χ4v) is 18.1. The van der Waals surface area contributed by atoms with E-state index < -0.39 is 8.07 Å². The van der Waals surface area contributed by atoms with E-state index in [4.69, 9.17) is 0 Å². The first-order valence-electron chi connectivity index (χ1n) is 26.6. The molecule has 4 aromatic heterocycles. The van der Waals surface area contributed by atoms with Crippen LogP contribution in [0.3, 0.4) is 0 Å². The highest BCUT2D eigenvalue weighted by Gasteiger charge is 2.41. The lowest BCUT2D eigenvalue weighted by molar-refractivity contribution is 1.15. The van der Waals surface area contributed by atoms with Crippen molar-refractivity contribution in [3.8, 4) is 22.7 Å². The molecule has 360 valence electrons. The Morgan fingerprint density at radius 1 is 0.195 bits per heavy atom. The maximum atomic E-state index is 2.52. The molecule has 16 rings (SSSR count). The van der Waals surface area contributed by atoms with Gasteiger partial charge in [0.1, 0.15) is 0 Å². The van der Waals surface area contributed by atoms with Crippen LogP contribution in [0.5, 0.6) is 0 Å². The summed E-state index contributed by atoms with van der Waals surface area (Å²) >= 11 is 0. The van der Waals surface area contributed by atoms with Gasteiger partial charge in [0.05, 0.1) is 49.8 Å². The van der Waals surface area contributed by atoms with Crippen LogP contribution in [0.1, 0.15) is 0 Å². The van der Waals surface area contributed by atoms with Crippen molar-refractivity contribution in [3.05, 3.63) is 291 Å². The zero-order valence-corrected chi connectivity index (χ0v) is 43.0. The molecule has 0 unspecified atom stereocenters. The molecule has 77 heavy (non-hydrogen) atoms. The van der Waals surface area contributed by atoms with E-state index in [1.807, 2.05) is 0 Å². The van der Waals surface area contributed by atoms with Crippen molar-refractivity contribution in [1.29, 1.82) is 0 Å². The van der Waals surface area contributed by atoms with Gasteiger partial charge in [0.15, 0.2) is 8.07 Å². The van der Waals surface area contributed by atoms with Gasteiger partial charge in [-0.15, -0.1) is 0 Å². The third-order valence-electron chi connectivity index (χ3n) is 16.5. The number of benzene rings is 12. The topological polar surface area (TPSA) is 19.7 Å². The number of para-hydroxylation sites is 5. The fraction of sp³-hybridized carbons (Fsp3) is 0. The van der Waals surface area contributed by atoms with Crippen molar-refractivity contribution in [2.75, 3.05) is 0 Å². The molecular weight excluding hydrogens is 949 g/mol. The second kappa shape index (κ2) is 17.0. The summed E-state index contributed by atoms with van der Waals surface area (Å²) in [6, 6.07) is 108. The summed E-state index contributed by atoms with van der Waals surface area (Å²) in [6.07, 6.45) is 0. The van der Waals surface area contributed by atoms with Crippen LogP contribution in [-0.2, 0) is 0 Å². The summed E-state index contributed by atoms with van der Waals surface area (Å²) in [7, 11) is -2.81. The first kappa shape index (κ1) is 43.5. The van der Waals surface area contributed by atoms with E-state index >= 15 is 0 Å². The second-order valence-electron chi connectivity index (χ2n) is 20.4. The van der Waals surface area contributed by atoms with E-state index in [0.29, 0.717) is 0 Å². The van der Waals surface area contributed by atoms with E-state index in [-0.39, 0.29) is 0 Å². The number of hydrogen-bond donors (Lipinski definition) is 0. The summed E-state index contributed by atoms with van der Waals surface area (Å²) < 4.78 is 9.93. The largest absolute Gasteiger partial charge is 0.309 e. The van der Waals surface area contributed by atoms with Gasteiger partial charge < -0.3 is 18.3 Å². The molecule has 12 aromatic carbocycles. The Morgan fingerprint density at radius 2 is 0.558 bits per heavy atom. The van der Waals surface area contributed by atoms with Crippen LogP contribution in [0.2, 0.25) is 0 Å². The van der Waals surface area contributed by atoms with Gasteiger partial charge in [-0.25, -0.2) is 0 Å².